The molecule has 0 aromatic carbocycles. The van der Waals surface area contributed by atoms with Gasteiger partial charge in [0.2, 0.25) is 0 Å². The fraction of sp³-hybridized carbons (Fsp3) is 0.667. The van der Waals surface area contributed by atoms with Crippen LogP contribution in [0.3, 0.4) is 0 Å². The molecule has 1 aliphatic carbocycles. The monoisotopic (exact) mass is 503 g/mol. The van der Waals surface area contributed by atoms with E-state index in [1.54, 1.807) is 12.7 Å². The predicted molar refractivity (Wildman–Crippen MR) is 121 cm³/mol. The van der Waals surface area contributed by atoms with Crippen LogP contribution in [0.25, 0.3) is 0 Å². The van der Waals surface area contributed by atoms with Crippen LogP contribution >= 0.6 is 35.3 Å². The van der Waals surface area contributed by atoms with Gasteiger partial charge in [-0.2, -0.15) is 0 Å². The number of aryl methyl sites for hydroxylation is 3. The lowest BCUT2D eigenvalue weighted by molar-refractivity contribution is 0.473. The molecule has 2 aromatic heterocycles. The molecule has 2 aromatic rings. The number of halogens is 1. The topological polar surface area (TPSA) is 71.2 Å². The highest BCUT2D eigenvalue weighted by Crippen LogP contribution is 2.27. The number of guanidine groups is 1. The Hall–Kier alpha value is -1.23. The molecule has 0 spiro atoms. The molecular weight excluding hydrogens is 473 g/mol. The normalized spacial score (nSPS) is 13.8. The van der Waals surface area contributed by atoms with Crippen molar-refractivity contribution < 1.29 is 0 Å². The van der Waals surface area contributed by atoms with E-state index < -0.39 is 0 Å². The Balaban J connectivity index is 0.00000261. The zero-order valence-electron chi connectivity index (χ0n) is 16.2. The quantitative estimate of drug-likeness (QED) is 0.260. The summed E-state index contributed by atoms with van der Waals surface area (Å²) in [6.07, 6.45) is 10.6. The van der Waals surface area contributed by atoms with Gasteiger partial charge in [-0.1, -0.05) is 0 Å². The first-order valence-corrected chi connectivity index (χ1v) is 10.4. The van der Waals surface area contributed by atoms with Crippen molar-refractivity contribution in [2.75, 3.05) is 20.1 Å². The van der Waals surface area contributed by atoms with E-state index in [-0.39, 0.29) is 24.0 Å². The SMILES string of the molecule is CCNC(=NCCCCn1cnnc1)N(C)Cc1nc2c(s1)CCCC2.I. The number of unbranched alkanes of at least 4 members (excludes halogenated alkanes) is 1. The number of aromatic nitrogens is 4. The van der Waals surface area contributed by atoms with Crippen LogP contribution in [0, 0.1) is 0 Å². The molecule has 1 N–H and O–H groups in total. The lowest BCUT2D eigenvalue weighted by atomic mass is 10.0. The highest BCUT2D eigenvalue weighted by atomic mass is 127. The van der Waals surface area contributed by atoms with Gasteiger partial charge in [0.15, 0.2) is 5.96 Å². The summed E-state index contributed by atoms with van der Waals surface area (Å²) in [5, 5.41) is 12.3. The molecule has 0 saturated carbocycles. The van der Waals surface area contributed by atoms with E-state index in [0.29, 0.717) is 0 Å². The zero-order valence-corrected chi connectivity index (χ0v) is 19.4. The fourth-order valence-electron chi connectivity index (χ4n) is 3.15. The molecular formula is C18H30IN7S. The standard InChI is InChI=1S/C18H29N7S.HI/c1-3-19-18(20-10-6-7-11-25-13-21-22-14-25)24(2)12-17-23-15-8-4-5-9-16(15)26-17;/h13-14H,3-12H2,1-2H3,(H,19,20);1H. The molecule has 27 heavy (non-hydrogen) atoms. The second-order valence-corrected chi connectivity index (χ2v) is 7.85. The third-order valence-corrected chi connectivity index (χ3v) is 5.65. The van der Waals surface area contributed by atoms with Crippen LogP contribution in [0.4, 0.5) is 0 Å². The minimum atomic E-state index is 0. The first-order chi connectivity index (χ1) is 12.8. The smallest absolute Gasteiger partial charge is 0.194 e. The predicted octanol–water partition coefficient (Wildman–Crippen LogP) is 3.11. The summed E-state index contributed by atoms with van der Waals surface area (Å²) in [4.78, 5) is 13.3. The van der Waals surface area contributed by atoms with Crippen molar-refractivity contribution >= 4 is 41.3 Å². The number of aliphatic imine (C=N–C) groups is 1. The number of nitrogens with zero attached hydrogens (tertiary/aromatic N) is 6. The van der Waals surface area contributed by atoms with Crippen molar-refractivity contribution in [3.05, 3.63) is 28.2 Å². The molecule has 0 saturated heterocycles. The number of thiazole rings is 1. The molecule has 0 fully saturated rings. The average molecular weight is 503 g/mol. The summed E-state index contributed by atoms with van der Waals surface area (Å²) < 4.78 is 2.01. The van der Waals surface area contributed by atoms with Gasteiger partial charge >= 0.3 is 0 Å². The van der Waals surface area contributed by atoms with Gasteiger partial charge in [-0.3, -0.25) is 4.99 Å². The fourth-order valence-corrected chi connectivity index (χ4v) is 4.36. The number of fused-ring (bicyclic) bond motifs is 1. The van der Waals surface area contributed by atoms with E-state index in [1.807, 2.05) is 15.9 Å². The number of hydrogen-bond donors (Lipinski definition) is 1. The van der Waals surface area contributed by atoms with Crippen LogP contribution in [0.15, 0.2) is 17.6 Å². The molecule has 9 heteroatoms. The maximum Gasteiger partial charge on any atom is 0.194 e. The summed E-state index contributed by atoms with van der Waals surface area (Å²) in [6, 6.07) is 0. The maximum absolute atomic E-state index is 4.85. The zero-order chi connectivity index (χ0) is 18.2. The van der Waals surface area contributed by atoms with E-state index >= 15 is 0 Å². The molecule has 0 radical (unpaired) electrons. The highest BCUT2D eigenvalue weighted by Gasteiger charge is 2.16. The van der Waals surface area contributed by atoms with Crippen LogP contribution in [0.5, 0.6) is 0 Å². The largest absolute Gasteiger partial charge is 0.357 e. The Kier molecular flexibility index (Phi) is 9.46. The molecule has 1 aliphatic rings. The Morgan fingerprint density at radius 1 is 1.26 bits per heavy atom. The highest BCUT2D eigenvalue weighted by molar-refractivity contribution is 14.0. The summed E-state index contributed by atoms with van der Waals surface area (Å²) in [5.41, 5.74) is 1.33. The Morgan fingerprint density at radius 2 is 2.04 bits per heavy atom. The van der Waals surface area contributed by atoms with Crippen molar-refractivity contribution in [2.45, 2.75) is 58.5 Å². The molecule has 0 amide bonds. The maximum atomic E-state index is 4.85. The van der Waals surface area contributed by atoms with E-state index in [4.69, 9.17) is 9.98 Å². The molecule has 3 rings (SSSR count). The summed E-state index contributed by atoms with van der Waals surface area (Å²) in [7, 11) is 2.10. The van der Waals surface area contributed by atoms with E-state index in [1.165, 1.54) is 34.8 Å². The van der Waals surface area contributed by atoms with E-state index in [2.05, 4.69) is 34.4 Å². The van der Waals surface area contributed by atoms with Gasteiger partial charge in [0.1, 0.15) is 17.7 Å². The number of hydrogen-bond acceptors (Lipinski definition) is 5. The summed E-state index contributed by atoms with van der Waals surface area (Å²) in [6.45, 7) is 5.57. The Morgan fingerprint density at radius 3 is 2.78 bits per heavy atom. The molecule has 7 nitrogen and oxygen atoms in total. The summed E-state index contributed by atoms with van der Waals surface area (Å²) >= 11 is 1.88. The van der Waals surface area contributed by atoms with Crippen molar-refractivity contribution in [3.8, 4) is 0 Å². The van der Waals surface area contributed by atoms with Gasteiger partial charge in [-0.15, -0.1) is 45.5 Å². The van der Waals surface area contributed by atoms with Gasteiger partial charge in [0.25, 0.3) is 0 Å². The van der Waals surface area contributed by atoms with E-state index in [0.717, 1.165) is 51.4 Å². The Bertz CT molecular complexity index is 675. The second-order valence-electron chi connectivity index (χ2n) is 6.68. The molecule has 150 valence electrons. The third-order valence-electron chi connectivity index (χ3n) is 4.51. The van der Waals surface area contributed by atoms with Crippen LogP contribution < -0.4 is 5.32 Å². The third kappa shape index (κ3) is 6.70. The van der Waals surface area contributed by atoms with Gasteiger partial charge in [-0.05, 0) is 45.4 Å². The van der Waals surface area contributed by atoms with Crippen LogP contribution in [-0.2, 0) is 25.9 Å². The minimum Gasteiger partial charge on any atom is -0.357 e. The van der Waals surface area contributed by atoms with Crippen molar-refractivity contribution in [3.63, 3.8) is 0 Å². The molecule has 0 aliphatic heterocycles. The lowest BCUT2D eigenvalue weighted by Gasteiger charge is -2.21. The molecule has 0 unspecified atom stereocenters. The molecule has 0 atom stereocenters. The minimum absolute atomic E-state index is 0. The second kappa shape index (κ2) is 11.6. The molecule has 2 heterocycles. The van der Waals surface area contributed by atoms with E-state index in [9.17, 15) is 0 Å². The van der Waals surface area contributed by atoms with Gasteiger partial charge in [0.05, 0.1) is 12.2 Å². The van der Waals surface area contributed by atoms with Gasteiger partial charge in [-0.25, -0.2) is 4.98 Å². The number of rotatable bonds is 8. The average Bonchev–Trinajstić information content (AvgIpc) is 3.29. The van der Waals surface area contributed by atoms with Crippen molar-refractivity contribution in [1.29, 1.82) is 0 Å². The van der Waals surface area contributed by atoms with Crippen LogP contribution in [0.1, 0.15) is 48.2 Å². The Labute approximate surface area is 182 Å². The first kappa shape index (κ1) is 22.1. The lowest BCUT2D eigenvalue weighted by Crippen LogP contribution is -2.38. The van der Waals surface area contributed by atoms with Crippen molar-refractivity contribution in [1.82, 2.24) is 30.0 Å². The summed E-state index contributed by atoms with van der Waals surface area (Å²) in [5.74, 6) is 0.963. The number of nitrogens with one attached hydrogen (secondary N) is 1. The van der Waals surface area contributed by atoms with Gasteiger partial charge < -0.3 is 14.8 Å². The first-order valence-electron chi connectivity index (χ1n) is 9.55. The van der Waals surface area contributed by atoms with Gasteiger partial charge in [0, 0.05) is 31.6 Å². The van der Waals surface area contributed by atoms with Crippen molar-refractivity contribution in [2.24, 2.45) is 4.99 Å². The molecule has 0 bridgehead atoms. The van der Waals surface area contributed by atoms with Crippen LogP contribution in [0.2, 0.25) is 0 Å². The van der Waals surface area contributed by atoms with Crippen LogP contribution in [-0.4, -0.2) is 50.7 Å².